The van der Waals surface area contributed by atoms with Gasteiger partial charge in [0, 0.05) is 33.5 Å². The fourth-order valence-corrected chi connectivity index (χ4v) is 2.40. The van der Waals surface area contributed by atoms with Crippen molar-refractivity contribution in [2.45, 2.75) is 0 Å². The Hall–Kier alpha value is -3.81. The fraction of sp³-hybridized carbons (Fsp3) is 0. The van der Waals surface area contributed by atoms with E-state index in [1.54, 1.807) is 30.7 Å². The van der Waals surface area contributed by atoms with Gasteiger partial charge in [0.05, 0.1) is 11.9 Å². The molecule has 3 heterocycles. The summed E-state index contributed by atoms with van der Waals surface area (Å²) >= 11 is 0. The van der Waals surface area contributed by atoms with E-state index in [1.165, 1.54) is 0 Å². The third-order valence-electron chi connectivity index (χ3n) is 3.61. The van der Waals surface area contributed by atoms with E-state index in [0.717, 1.165) is 11.1 Å². The summed E-state index contributed by atoms with van der Waals surface area (Å²) in [4.78, 5) is 17.3. The Labute approximate surface area is 147 Å². The molecule has 0 aliphatic rings. The van der Waals surface area contributed by atoms with Crippen molar-refractivity contribution in [3.8, 4) is 34.2 Å². The molecule has 0 spiro atoms. The van der Waals surface area contributed by atoms with Gasteiger partial charge in [-0.3, -0.25) is 10.1 Å². The Morgan fingerprint density at radius 2 is 1.84 bits per heavy atom. The van der Waals surface area contributed by atoms with Crippen LogP contribution in [0.1, 0.15) is 4.28 Å². The first-order valence-corrected chi connectivity index (χ1v) is 7.52. The Morgan fingerprint density at radius 1 is 0.960 bits per heavy atom. The summed E-state index contributed by atoms with van der Waals surface area (Å²) in [6.45, 7) is 0. The molecular formula is C17H20N8. The number of H-pyrrole nitrogens is 1. The van der Waals surface area contributed by atoms with Gasteiger partial charge in [-0.05, 0) is 24.3 Å². The van der Waals surface area contributed by atoms with E-state index in [9.17, 15) is 0 Å². The van der Waals surface area contributed by atoms with Crippen LogP contribution in [0.15, 0.2) is 55.0 Å². The third kappa shape index (κ3) is 2.88. The summed E-state index contributed by atoms with van der Waals surface area (Å²) in [5.41, 5.74) is 15.2. The molecule has 128 valence electrons. The van der Waals surface area contributed by atoms with E-state index in [4.69, 9.17) is 11.5 Å². The normalized spacial score (nSPS) is 10.7. The highest BCUT2D eigenvalue weighted by Gasteiger charge is 2.14. The van der Waals surface area contributed by atoms with E-state index in [2.05, 4.69) is 30.1 Å². The Kier molecular flexibility index (Phi) is 3.55. The van der Waals surface area contributed by atoms with Crippen molar-refractivity contribution in [1.82, 2.24) is 30.1 Å². The molecule has 0 unspecified atom stereocenters. The lowest BCUT2D eigenvalue weighted by Crippen LogP contribution is -2.00. The van der Waals surface area contributed by atoms with Crippen LogP contribution in [-0.4, -0.2) is 30.1 Å². The van der Waals surface area contributed by atoms with Crippen LogP contribution in [-0.2, 0) is 0 Å². The van der Waals surface area contributed by atoms with E-state index in [0.29, 0.717) is 28.7 Å². The molecule has 0 radical (unpaired) electrons. The number of benzene rings is 1. The van der Waals surface area contributed by atoms with Gasteiger partial charge < -0.3 is 11.5 Å². The molecule has 0 saturated carbocycles. The predicted octanol–water partition coefficient (Wildman–Crippen LogP) is 2.89. The van der Waals surface area contributed by atoms with Crippen molar-refractivity contribution in [3.05, 3.63) is 55.0 Å². The second-order valence-corrected chi connectivity index (χ2v) is 5.36. The number of hydrogen-bond donors (Lipinski definition) is 3. The van der Waals surface area contributed by atoms with Crippen LogP contribution in [0.3, 0.4) is 0 Å². The quantitative estimate of drug-likeness (QED) is 0.490. The molecule has 8 heteroatoms. The van der Waals surface area contributed by atoms with Crippen molar-refractivity contribution in [2.75, 3.05) is 11.5 Å². The maximum Gasteiger partial charge on any atom is 0.181 e. The number of hydrogen-bond acceptors (Lipinski definition) is 7. The van der Waals surface area contributed by atoms with Gasteiger partial charge in [-0.2, -0.15) is 5.10 Å². The molecule has 4 rings (SSSR count). The standard InChI is InChI=1S/C17H14N8.3H2/c18-12-5-1-3-10(7-12)16-23-17(25-24-16)14-15(19)21-9-13(22-14)11-4-2-6-20-8-11;;;/h1-9H,18H2,(H2,19,21)(H,23,24,25);3*1H. The lowest BCUT2D eigenvalue weighted by molar-refractivity contribution is 1.08. The van der Waals surface area contributed by atoms with Crippen LogP contribution < -0.4 is 11.5 Å². The maximum atomic E-state index is 5.97. The molecule has 0 aliphatic heterocycles. The number of nitrogen functional groups attached to an aromatic ring is 2. The minimum absolute atomic E-state index is 0. The first kappa shape index (κ1) is 14.8. The zero-order valence-corrected chi connectivity index (χ0v) is 13.1. The van der Waals surface area contributed by atoms with Gasteiger partial charge in [-0.1, -0.05) is 12.1 Å². The number of nitrogens with one attached hydrogen (secondary N) is 1. The first-order chi connectivity index (χ1) is 12.2. The average Bonchev–Trinajstić information content (AvgIpc) is 3.13. The average molecular weight is 336 g/mol. The fourth-order valence-electron chi connectivity index (χ4n) is 2.40. The van der Waals surface area contributed by atoms with Crippen LogP contribution in [0.4, 0.5) is 11.5 Å². The number of nitrogens with zero attached hydrogens (tertiary/aromatic N) is 5. The summed E-state index contributed by atoms with van der Waals surface area (Å²) in [6, 6.07) is 11.1. The maximum absolute atomic E-state index is 5.97. The largest absolute Gasteiger partial charge is 0.399 e. The lowest BCUT2D eigenvalue weighted by atomic mass is 10.2. The van der Waals surface area contributed by atoms with Gasteiger partial charge in [-0.15, -0.1) is 0 Å². The third-order valence-corrected chi connectivity index (χ3v) is 3.61. The molecule has 0 amide bonds. The number of anilines is 2. The minimum atomic E-state index is 0. The van der Waals surface area contributed by atoms with E-state index in [1.807, 2.05) is 24.3 Å². The molecule has 8 nitrogen and oxygen atoms in total. The predicted molar refractivity (Wildman–Crippen MR) is 101 cm³/mol. The second-order valence-electron chi connectivity index (χ2n) is 5.36. The van der Waals surface area contributed by atoms with Crippen LogP contribution in [0.5, 0.6) is 0 Å². The molecule has 0 saturated heterocycles. The number of aromatic amines is 1. The Bertz CT molecular complexity index is 1040. The number of nitrogens with two attached hydrogens (primary N) is 2. The minimum Gasteiger partial charge on any atom is -0.399 e. The van der Waals surface area contributed by atoms with Gasteiger partial charge in [0.1, 0.15) is 5.69 Å². The number of aromatic nitrogens is 6. The molecule has 0 aliphatic carbocycles. The van der Waals surface area contributed by atoms with Crippen molar-refractivity contribution >= 4 is 11.5 Å². The van der Waals surface area contributed by atoms with Crippen molar-refractivity contribution in [2.24, 2.45) is 0 Å². The lowest BCUT2D eigenvalue weighted by Gasteiger charge is -2.04. The summed E-state index contributed by atoms with van der Waals surface area (Å²) in [6.07, 6.45) is 5.01. The monoisotopic (exact) mass is 336 g/mol. The van der Waals surface area contributed by atoms with Gasteiger partial charge in [0.2, 0.25) is 0 Å². The molecule has 3 aromatic heterocycles. The summed E-state index contributed by atoms with van der Waals surface area (Å²) in [5, 5.41) is 7.08. The molecule has 0 fully saturated rings. The van der Waals surface area contributed by atoms with E-state index in [-0.39, 0.29) is 10.1 Å². The molecule has 0 atom stereocenters. The Morgan fingerprint density at radius 3 is 2.64 bits per heavy atom. The van der Waals surface area contributed by atoms with Crippen LogP contribution in [0.2, 0.25) is 0 Å². The molecular weight excluding hydrogens is 316 g/mol. The second kappa shape index (κ2) is 6.00. The Balaban J connectivity index is 0.00000131. The highest BCUT2D eigenvalue weighted by Crippen LogP contribution is 2.25. The van der Waals surface area contributed by atoms with Gasteiger partial charge in [0.25, 0.3) is 0 Å². The molecule has 1 aromatic carbocycles. The summed E-state index contributed by atoms with van der Waals surface area (Å²) in [7, 11) is 0. The first-order valence-electron chi connectivity index (χ1n) is 7.52. The topological polar surface area (TPSA) is 132 Å². The van der Waals surface area contributed by atoms with E-state index < -0.39 is 0 Å². The summed E-state index contributed by atoms with van der Waals surface area (Å²) in [5.74, 6) is 1.21. The van der Waals surface area contributed by atoms with Crippen molar-refractivity contribution in [3.63, 3.8) is 0 Å². The smallest absolute Gasteiger partial charge is 0.181 e. The van der Waals surface area contributed by atoms with Crippen LogP contribution in [0, 0.1) is 0 Å². The molecule has 0 bridgehead atoms. The number of pyridine rings is 1. The SMILES string of the molecule is Nc1cccc(-c2n[nH]c(-c3nc(-c4cccnc4)cnc3N)n2)c1.[HH].[HH].[HH]. The molecule has 25 heavy (non-hydrogen) atoms. The van der Waals surface area contributed by atoms with Gasteiger partial charge in [0.15, 0.2) is 17.5 Å². The van der Waals surface area contributed by atoms with Crippen molar-refractivity contribution < 1.29 is 4.28 Å². The van der Waals surface area contributed by atoms with Gasteiger partial charge in [-0.25, -0.2) is 15.0 Å². The van der Waals surface area contributed by atoms with E-state index >= 15 is 0 Å². The van der Waals surface area contributed by atoms with Gasteiger partial charge >= 0.3 is 0 Å². The highest BCUT2D eigenvalue weighted by atomic mass is 15.2. The summed E-state index contributed by atoms with van der Waals surface area (Å²) < 4.78 is 0. The van der Waals surface area contributed by atoms with Crippen LogP contribution in [0.25, 0.3) is 34.2 Å². The molecule has 4 aromatic rings. The highest BCUT2D eigenvalue weighted by molar-refractivity contribution is 5.70. The van der Waals surface area contributed by atoms with Crippen molar-refractivity contribution in [1.29, 1.82) is 0 Å². The van der Waals surface area contributed by atoms with Crippen LogP contribution >= 0.6 is 0 Å². The zero-order chi connectivity index (χ0) is 17.2. The number of rotatable bonds is 3. The molecule has 5 N–H and O–H groups in total. The zero-order valence-electron chi connectivity index (χ0n) is 13.1.